The summed E-state index contributed by atoms with van der Waals surface area (Å²) in [5.41, 5.74) is 1.78. The summed E-state index contributed by atoms with van der Waals surface area (Å²) < 4.78 is 12.4. The predicted octanol–water partition coefficient (Wildman–Crippen LogP) is 1.75. The molecule has 0 atom stereocenters. The van der Waals surface area contributed by atoms with Gasteiger partial charge in [-0.25, -0.2) is 4.98 Å². The van der Waals surface area contributed by atoms with Crippen molar-refractivity contribution in [2.45, 2.75) is 13.0 Å². The molecule has 6 nitrogen and oxygen atoms in total. The SMILES string of the molecule is O=C(O)CCn1cncc1-c1ccc2c(c1)OCO2. The summed E-state index contributed by atoms with van der Waals surface area (Å²) in [5.74, 6) is 0.592. The number of fused-ring (bicyclic) bond motifs is 1. The number of hydrogen-bond donors (Lipinski definition) is 1. The Morgan fingerprint density at radius 2 is 2.21 bits per heavy atom. The number of hydrogen-bond acceptors (Lipinski definition) is 4. The van der Waals surface area contributed by atoms with Gasteiger partial charge in [-0.1, -0.05) is 0 Å². The number of aromatic nitrogens is 2. The molecule has 6 heteroatoms. The van der Waals surface area contributed by atoms with Crippen molar-refractivity contribution in [3.05, 3.63) is 30.7 Å². The number of imidazole rings is 1. The molecule has 1 aromatic heterocycles. The van der Waals surface area contributed by atoms with Crippen molar-refractivity contribution in [3.8, 4) is 22.8 Å². The minimum atomic E-state index is -0.828. The molecule has 0 spiro atoms. The highest BCUT2D eigenvalue weighted by atomic mass is 16.7. The van der Waals surface area contributed by atoms with Crippen LogP contribution in [0.4, 0.5) is 0 Å². The highest BCUT2D eigenvalue weighted by Crippen LogP contribution is 2.35. The average molecular weight is 260 g/mol. The van der Waals surface area contributed by atoms with Crippen LogP contribution in [0.1, 0.15) is 6.42 Å². The third-order valence-electron chi connectivity index (χ3n) is 2.95. The van der Waals surface area contributed by atoms with Gasteiger partial charge in [0.25, 0.3) is 0 Å². The molecule has 1 aliphatic rings. The summed E-state index contributed by atoms with van der Waals surface area (Å²) in [5, 5.41) is 8.73. The van der Waals surface area contributed by atoms with Gasteiger partial charge in [0.1, 0.15) is 0 Å². The van der Waals surface area contributed by atoms with E-state index in [0.717, 1.165) is 17.0 Å². The molecule has 2 heterocycles. The Kier molecular flexibility index (Phi) is 2.83. The number of carboxylic acid groups (broad SMARTS) is 1. The normalized spacial score (nSPS) is 12.6. The van der Waals surface area contributed by atoms with Crippen LogP contribution in [0.2, 0.25) is 0 Å². The fraction of sp³-hybridized carbons (Fsp3) is 0.231. The van der Waals surface area contributed by atoms with Crippen LogP contribution in [0.25, 0.3) is 11.3 Å². The largest absolute Gasteiger partial charge is 0.481 e. The zero-order valence-corrected chi connectivity index (χ0v) is 10.1. The van der Waals surface area contributed by atoms with Crippen molar-refractivity contribution in [1.29, 1.82) is 0 Å². The van der Waals surface area contributed by atoms with E-state index in [2.05, 4.69) is 4.98 Å². The summed E-state index contributed by atoms with van der Waals surface area (Å²) in [6.07, 6.45) is 3.40. The fourth-order valence-electron chi connectivity index (χ4n) is 2.01. The molecule has 0 fully saturated rings. The molecule has 0 aliphatic carbocycles. The molecule has 2 aromatic rings. The van der Waals surface area contributed by atoms with Crippen LogP contribution in [0, 0.1) is 0 Å². The minimum Gasteiger partial charge on any atom is -0.481 e. The van der Waals surface area contributed by atoms with Gasteiger partial charge in [-0.05, 0) is 18.2 Å². The van der Waals surface area contributed by atoms with E-state index in [-0.39, 0.29) is 13.2 Å². The van der Waals surface area contributed by atoms with Crippen molar-refractivity contribution in [2.24, 2.45) is 0 Å². The Balaban J connectivity index is 1.90. The van der Waals surface area contributed by atoms with Crippen molar-refractivity contribution in [1.82, 2.24) is 9.55 Å². The second-order valence-corrected chi connectivity index (χ2v) is 4.18. The standard InChI is InChI=1S/C13H12N2O4/c16-13(17)3-4-15-7-14-6-10(15)9-1-2-11-12(5-9)19-8-18-11/h1-2,5-7H,3-4,8H2,(H,16,17). The molecule has 0 radical (unpaired) electrons. The van der Waals surface area contributed by atoms with Gasteiger partial charge in [0.15, 0.2) is 11.5 Å². The van der Waals surface area contributed by atoms with Crippen LogP contribution in [-0.2, 0) is 11.3 Å². The first kappa shape index (κ1) is 11.6. The Hall–Kier alpha value is -2.50. The van der Waals surface area contributed by atoms with Crippen molar-refractivity contribution in [2.75, 3.05) is 6.79 Å². The third-order valence-corrected chi connectivity index (χ3v) is 2.95. The minimum absolute atomic E-state index is 0.0634. The first-order chi connectivity index (χ1) is 9.24. The van der Waals surface area contributed by atoms with E-state index < -0.39 is 5.97 Å². The van der Waals surface area contributed by atoms with Crippen LogP contribution < -0.4 is 9.47 Å². The molecule has 0 bridgehead atoms. The first-order valence-corrected chi connectivity index (χ1v) is 5.86. The summed E-state index contributed by atoms with van der Waals surface area (Å²) in [7, 11) is 0. The third kappa shape index (κ3) is 2.24. The monoisotopic (exact) mass is 260 g/mol. The quantitative estimate of drug-likeness (QED) is 0.906. The predicted molar refractivity (Wildman–Crippen MR) is 66.0 cm³/mol. The number of carbonyl (C=O) groups is 1. The molecule has 3 rings (SSSR count). The van der Waals surface area contributed by atoms with Crippen molar-refractivity contribution >= 4 is 5.97 Å². The number of ether oxygens (including phenoxy) is 2. The van der Waals surface area contributed by atoms with Gasteiger partial charge < -0.3 is 19.1 Å². The Morgan fingerprint density at radius 1 is 1.37 bits per heavy atom. The van der Waals surface area contributed by atoms with E-state index in [1.807, 2.05) is 22.8 Å². The lowest BCUT2D eigenvalue weighted by molar-refractivity contribution is -0.137. The van der Waals surface area contributed by atoms with E-state index in [4.69, 9.17) is 14.6 Å². The van der Waals surface area contributed by atoms with Gasteiger partial charge >= 0.3 is 5.97 Å². The number of carboxylic acids is 1. The molecule has 0 unspecified atom stereocenters. The molecule has 0 amide bonds. The molecule has 98 valence electrons. The Morgan fingerprint density at radius 3 is 3.05 bits per heavy atom. The van der Waals surface area contributed by atoms with Crippen LogP contribution >= 0.6 is 0 Å². The second-order valence-electron chi connectivity index (χ2n) is 4.18. The Bertz CT molecular complexity index is 621. The van der Waals surface area contributed by atoms with Crippen LogP contribution in [-0.4, -0.2) is 27.4 Å². The molecule has 0 saturated carbocycles. The lowest BCUT2D eigenvalue weighted by Gasteiger charge is -2.07. The topological polar surface area (TPSA) is 73.6 Å². The molecule has 1 aromatic carbocycles. The maximum absolute atomic E-state index is 10.6. The number of aliphatic carboxylic acids is 1. The first-order valence-electron chi connectivity index (χ1n) is 5.86. The molecular formula is C13H12N2O4. The van der Waals surface area contributed by atoms with Gasteiger partial charge in [-0.3, -0.25) is 4.79 Å². The molecule has 0 saturated heterocycles. The van der Waals surface area contributed by atoms with Gasteiger partial charge in [0.05, 0.1) is 24.6 Å². The molecule has 19 heavy (non-hydrogen) atoms. The summed E-state index contributed by atoms with van der Waals surface area (Å²) in [4.78, 5) is 14.7. The maximum atomic E-state index is 10.6. The van der Waals surface area contributed by atoms with E-state index in [1.54, 1.807) is 12.5 Å². The maximum Gasteiger partial charge on any atom is 0.305 e. The van der Waals surface area contributed by atoms with Gasteiger partial charge in [-0.2, -0.15) is 0 Å². The van der Waals surface area contributed by atoms with Crippen LogP contribution in [0.15, 0.2) is 30.7 Å². The van der Waals surface area contributed by atoms with Gasteiger partial charge in [0.2, 0.25) is 6.79 Å². The van der Waals surface area contributed by atoms with Crippen LogP contribution in [0.3, 0.4) is 0 Å². The van der Waals surface area contributed by atoms with Crippen LogP contribution in [0.5, 0.6) is 11.5 Å². The average Bonchev–Trinajstić information content (AvgIpc) is 3.04. The van der Waals surface area contributed by atoms with E-state index >= 15 is 0 Å². The number of nitrogens with zero attached hydrogens (tertiary/aromatic N) is 2. The number of benzene rings is 1. The molecule has 1 N–H and O–H groups in total. The highest BCUT2D eigenvalue weighted by Gasteiger charge is 2.15. The van der Waals surface area contributed by atoms with Gasteiger partial charge in [-0.15, -0.1) is 0 Å². The van der Waals surface area contributed by atoms with Crippen molar-refractivity contribution in [3.63, 3.8) is 0 Å². The van der Waals surface area contributed by atoms with Crippen molar-refractivity contribution < 1.29 is 19.4 Å². The lowest BCUT2D eigenvalue weighted by atomic mass is 10.1. The fourth-order valence-corrected chi connectivity index (χ4v) is 2.01. The van der Waals surface area contributed by atoms with E-state index in [1.165, 1.54) is 0 Å². The zero-order valence-electron chi connectivity index (χ0n) is 10.1. The number of aryl methyl sites for hydroxylation is 1. The van der Waals surface area contributed by atoms with Gasteiger partial charge in [0, 0.05) is 12.1 Å². The smallest absolute Gasteiger partial charge is 0.305 e. The van der Waals surface area contributed by atoms with E-state index in [0.29, 0.717) is 12.3 Å². The molecule has 1 aliphatic heterocycles. The second kappa shape index (κ2) is 4.64. The summed E-state index contributed by atoms with van der Waals surface area (Å²) >= 11 is 0. The zero-order chi connectivity index (χ0) is 13.2. The Labute approximate surface area is 109 Å². The number of rotatable bonds is 4. The van der Waals surface area contributed by atoms with E-state index in [9.17, 15) is 4.79 Å². The highest BCUT2D eigenvalue weighted by molar-refractivity contribution is 5.67. The molecular weight excluding hydrogens is 248 g/mol. The summed E-state index contributed by atoms with van der Waals surface area (Å²) in [6.45, 7) is 0.621. The summed E-state index contributed by atoms with van der Waals surface area (Å²) in [6, 6.07) is 5.62. The lowest BCUT2D eigenvalue weighted by Crippen LogP contribution is -2.04.